The molecule has 96 valence electrons. The van der Waals surface area contributed by atoms with Crippen molar-refractivity contribution in [1.29, 1.82) is 0 Å². The Morgan fingerprint density at radius 3 is 2.47 bits per heavy atom. The molecule has 17 heavy (non-hydrogen) atoms. The fourth-order valence-electron chi connectivity index (χ4n) is 3.16. The van der Waals surface area contributed by atoms with Crippen molar-refractivity contribution in [1.82, 2.24) is 10.2 Å². The van der Waals surface area contributed by atoms with Gasteiger partial charge < -0.3 is 10.2 Å². The summed E-state index contributed by atoms with van der Waals surface area (Å²) in [7, 11) is 0. The number of carbonyl (C=O) groups is 1. The molecule has 3 heteroatoms. The van der Waals surface area contributed by atoms with E-state index in [0.29, 0.717) is 6.04 Å². The standard InChI is InChI=1S/C14H24N2O/c1-10(17)16-8-12(6-11-2-3-11)7-14(9-16)15-13-4-5-13/h11-15H,2-9H2,1H3. The number of nitrogens with zero attached hydrogens (tertiary/aromatic N) is 1. The maximum Gasteiger partial charge on any atom is 0.219 e. The summed E-state index contributed by atoms with van der Waals surface area (Å²) in [6.07, 6.45) is 8.17. The van der Waals surface area contributed by atoms with Gasteiger partial charge in [-0.3, -0.25) is 4.79 Å². The van der Waals surface area contributed by atoms with Crippen LogP contribution in [0.3, 0.4) is 0 Å². The third kappa shape index (κ3) is 3.21. The SMILES string of the molecule is CC(=O)N1CC(CC2CC2)CC(NC2CC2)C1. The third-order valence-electron chi connectivity index (χ3n) is 4.39. The van der Waals surface area contributed by atoms with Crippen molar-refractivity contribution in [3.63, 3.8) is 0 Å². The molecule has 3 nitrogen and oxygen atoms in total. The van der Waals surface area contributed by atoms with E-state index in [2.05, 4.69) is 10.2 Å². The largest absolute Gasteiger partial charge is 0.341 e. The van der Waals surface area contributed by atoms with E-state index in [1.54, 1.807) is 6.92 Å². The van der Waals surface area contributed by atoms with Crippen LogP contribution in [0.4, 0.5) is 0 Å². The summed E-state index contributed by atoms with van der Waals surface area (Å²) in [5.41, 5.74) is 0. The van der Waals surface area contributed by atoms with Crippen LogP contribution in [0.15, 0.2) is 0 Å². The first kappa shape index (κ1) is 11.5. The average Bonchev–Trinajstić information content (AvgIpc) is 3.13. The van der Waals surface area contributed by atoms with Gasteiger partial charge in [-0.2, -0.15) is 0 Å². The predicted molar refractivity (Wildman–Crippen MR) is 67.6 cm³/mol. The minimum absolute atomic E-state index is 0.257. The van der Waals surface area contributed by atoms with Gasteiger partial charge in [0.15, 0.2) is 0 Å². The van der Waals surface area contributed by atoms with Crippen LogP contribution in [0.2, 0.25) is 0 Å². The summed E-state index contributed by atoms with van der Waals surface area (Å²) in [5.74, 6) is 1.98. The van der Waals surface area contributed by atoms with Crippen molar-refractivity contribution in [2.24, 2.45) is 11.8 Å². The number of piperidine rings is 1. The quantitative estimate of drug-likeness (QED) is 0.807. The molecule has 0 spiro atoms. The molecule has 3 aliphatic rings. The molecule has 0 aromatic rings. The first-order valence-corrected chi connectivity index (χ1v) is 7.22. The molecule has 1 aliphatic heterocycles. The molecule has 0 radical (unpaired) electrons. The summed E-state index contributed by atoms with van der Waals surface area (Å²) in [6, 6.07) is 1.32. The van der Waals surface area contributed by atoms with Crippen LogP contribution in [0, 0.1) is 11.8 Å². The Kier molecular flexibility index (Phi) is 3.12. The molecule has 0 aromatic heterocycles. The zero-order chi connectivity index (χ0) is 11.8. The Labute approximate surface area is 104 Å². The lowest BCUT2D eigenvalue weighted by Gasteiger charge is -2.38. The van der Waals surface area contributed by atoms with E-state index in [9.17, 15) is 4.79 Å². The zero-order valence-electron chi connectivity index (χ0n) is 10.8. The fraction of sp³-hybridized carbons (Fsp3) is 0.929. The maximum atomic E-state index is 11.6. The van der Waals surface area contributed by atoms with Crippen molar-refractivity contribution in [2.75, 3.05) is 13.1 Å². The first-order valence-electron chi connectivity index (χ1n) is 7.22. The van der Waals surface area contributed by atoms with E-state index in [4.69, 9.17) is 0 Å². The molecule has 0 aromatic carbocycles. The lowest BCUT2D eigenvalue weighted by molar-refractivity contribution is -0.131. The van der Waals surface area contributed by atoms with Crippen molar-refractivity contribution >= 4 is 5.91 Å². The van der Waals surface area contributed by atoms with Gasteiger partial charge in [0.05, 0.1) is 0 Å². The Morgan fingerprint density at radius 2 is 1.88 bits per heavy atom. The molecular formula is C14H24N2O. The van der Waals surface area contributed by atoms with E-state index in [1.807, 2.05) is 0 Å². The van der Waals surface area contributed by atoms with Gasteiger partial charge in [-0.1, -0.05) is 12.8 Å². The molecule has 2 aliphatic carbocycles. The summed E-state index contributed by atoms with van der Waals surface area (Å²) in [5, 5.41) is 3.71. The molecule has 1 heterocycles. The van der Waals surface area contributed by atoms with Crippen LogP contribution < -0.4 is 5.32 Å². The number of carbonyl (C=O) groups excluding carboxylic acids is 1. The van der Waals surface area contributed by atoms with Crippen molar-refractivity contribution in [3.05, 3.63) is 0 Å². The number of hydrogen-bond donors (Lipinski definition) is 1. The highest BCUT2D eigenvalue weighted by Crippen LogP contribution is 2.38. The average molecular weight is 236 g/mol. The minimum Gasteiger partial charge on any atom is -0.341 e. The molecule has 2 atom stereocenters. The minimum atomic E-state index is 0.257. The summed E-state index contributed by atoms with van der Waals surface area (Å²) >= 11 is 0. The molecule has 2 saturated carbocycles. The monoisotopic (exact) mass is 236 g/mol. The van der Waals surface area contributed by atoms with Crippen LogP contribution in [0.25, 0.3) is 0 Å². The normalized spacial score (nSPS) is 33.8. The van der Waals surface area contributed by atoms with Gasteiger partial charge in [-0.05, 0) is 37.5 Å². The Bertz CT molecular complexity index is 275. The molecule has 0 bridgehead atoms. The van der Waals surface area contributed by atoms with E-state index in [1.165, 1.54) is 38.5 Å². The van der Waals surface area contributed by atoms with E-state index in [0.717, 1.165) is 31.0 Å². The number of hydrogen-bond acceptors (Lipinski definition) is 2. The Morgan fingerprint density at radius 1 is 1.12 bits per heavy atom. The van der Waals surface area contributed by atoms with Gasteiger partial charge in [0.1, 0.15) is 0 Å². The predicted octanol–water partition coefficient (Wildman–Crippen LogP) is 1.78. The number of nitrogens with one attached hydrogen (secondary N) is 1. The van der Waals surface area contributed by atoms with E-state index >= 15 is 0 Å². The Hall–Kier alpha value is -0.570. The molecular weight excluding hydrogens is 212 g/mol. The summed E-state index contributed by atoms with van der Waals surface area (Å²) in [4.78, 5) is 13.7. The van der Waals surface area contributed by atoms with Gasteiger partial charge in [0, 0.05) is 32.1 Å². The second-order valence-electron chi connectivity index (χ2n) is 6.34. The topological polar surface area (TPSA) is 32.3 Å². The van der Waals surface area contributed by atoms with Crippen molar-refractivity contribution in [2.45, 2.75) is 57.5 Å². The highest BCUT2D eigenvalue weighted by Gasteiger charge is 2.35. The Balaban J connectivity index is 1.57. The van der Waals surface area contributed by atoms with Crippen molar-refractivity contribution in [3.8, 4) is 0 Å². The lowest BCUT2D eigenvalue weighted by atomic mass is 9.89. The molecule has 1 saturated heterocycles. The molecule has 1 N–H and O–H groups in total. The van der Waals surface area contributed by atoms with Crippen LogP contribution >= 0.6 is 0 Å². The maximum absolute atomic E-state index is 11.6. The highest BCUT2D eigenvalue weighted by molar-refractivity contribution is 5.73. The second kappa shape index (κ2) is 4.60. The second-order valence-corrected chi connectivity index (χ2v) is 6.34. The van der Waals surface area contributed by atoms with E-state index in [-0.39, 0.29) is 5.91 Å². The molecule has 3 rings (SSSR count). The molecule has 3 fully saturated rings. The van der Waals surface area contributed by atoms with Gasteiger partial charge in [0.2, 0.25) is 5.91 Å². The lowest BCUT2D eigenvalue weighted by Crippen LogP contribution is -2.51. The van der Waals surface area contributed by atoms with Crippen LogP contribution in [-0.4, -0.2) is 36.0 Å². The van der Waals surface area contributed by atoms with Crippen LogP contribution in [0.1, 0.15) is 45.4 Å². The fourth-order valence-corrected chi connectivity index (χ4v) is 3.16. The smallest absolute Gasteiger partial charge is 0.219 e. The van der Waals surface area contributed by atoms with Crippen LogP contribution in [-0.2, 0) is 4.79 Å². The van der Waals surface area contributed by atoms with Crippen LogP contribution in [0.5, 0.6) is 0 Å². The number of rotatable bonds is 4. The van der Waals surface area contributed by atoms with Gasteiger partial charge >= 0.3 is 0 Å². The summed E-state index contributed by atoms with van der Waals surface area (Å²) in [6.45, 7) is 3.66. The van der Waals surface area contributed by atoms with Gasteiger partial charge in [-0.15, -0.1) is 0 Å². The third-order valence-corrected chi connectivity index (χ3v) is 4.39. The summed E-state index contributed by atoms with van der Waals surface area (Å²) < 4.78 is 0. The first-order chi connectivity index (χ1) is 8.20. The molecule has 2 unspecified atom stereocenters. The van der Waals surface area contributed by atoms with Gasteiger partial charge in [0.25, 0.3) is 0 Å². The van der Waals surface area contributed by atoms with Gasteiger partial charge in [-0.25, -0.2) is 0 Å². The number of amides is 1. The van der Waals surface area contributed by atoms with E-state index < -0.39 is 0 Å². The zero-order valence-corrected chi connectivity index (χ0v) is 10.8. The van der Waals surface area contributed by atoms with Crippen molar-refractivity contribution < 1.29 is 4.79 Å². The highest BCUT2D eigenvalue weighted by atomic mass is 16.2. The number of likely N-dealkylation sites (tertiary alicyclic amines) is 1. The molecule has 1 amide bonds.